The molecule has 0 bridgehead atoms. The van der Waals surface area contributed by atoms with Gasteiger partial charge in [0.1, 0.15) is 5.75 Å². The van der Waals surface area contributed by atoms with Crippen LogP contribution in [-0.2, 0) is 6.42 Å². The van der Waals surface area contributed by atoms with Crippen LogP contribution in [0.1, 0.15) is 15.9 Å². The number of alkyl halides is 2. The molecule has 0 aliphatic carbocycles. The summed E-state index contributed by atoms with van der Waals surface area (Å²) in [5, 5.41) is 3.72. The standard InChI is InChI=1S/C13H10F2O2S/c14-13(15)17-12-4-2-1-3-10(12)11(16)7-9-5-6-18-8-9/h1-6,8,13H,7H2. The Labute approximate surface area is 107 Å². The fourth-order valence-electron chi connectivity index (χ4n) is 1.57. The van der Waals surface area contributed by atoms with Crippen LogP contribution in [0.5, 0.6) is 5.75 Å². The summed E-state index contributed by atoms with van der Waals surface area (Å²) >= 11 is 1.49. The van der Waals surface area contributed by atoms with E-state index in [9.17, 15) is 13.6 Å². The van der Waals surface area contributed by atoms with Crippen LogP contribution in [0, 0.1) is 0 Å². The van der Waals surface area contributed by atoms with Crippen molar-refractivity contribution in [3.63, 3.8) is 0 Å². The van der Waals surface area contributed by atoms with Gasteiger partial charge in [-0.15, -0.1) is 0 Å². The SMILES string of the molecule is O=C(Cc1ccsc1)c1ccccc1OC(F)F. The highest BCUT2D eigenvalue weighted by Gasteiger charge is 2.15. The first kappa shape index (κ1) is 12.7. The van der Waals surface area contributed by atoms with Crippen LogP contribution in [0.4, 0.5) is 8.78 Å². The normalized spacial score (nSPS) is 10.6. The zero-order valence-electron chi connectivity index (χ0n) is 9.31. The highest BCUT2D eigenvalue weighted by Crippen LogP contribution is 2.22. The summed E-state index contributed by atoms with van der Waals surface area (Å²) in [5.74, 6) is -0.308. The lowest BCUT2D eigenvalue weighted by molar-refractivity contribution is -0.0501. The highest BCUT2D eigenvalue weighted by atomic mass is 32.1. The third kappa shape index (κ3) is 3.13. The number of ketones is 1. The highest BCUT2D eigenvalue weighted by molar-refractivity contribution is 7.08. The van der Waals surface area contributed by atoms with E-state index in [0.717, 1.165) is 5.56 Å². The Balaban J connectivity index is 2.19. The van der Waals surface area contributed by atoms with Crippen LogP contribution < -0.4 is 4.74 Å². The Kier molecular flexibility index (Phi) is 4.04. The lowest BCUT2D eigenvalue weighted by Crippen LogP contribution is -2.09. The number of rotatable bonds is 5. The fraction of sp³-hybridized carbons (Fsp3) is 0.154. The Morgan fingerprint density at radius 1 is 1.28 bits per heavy atom. The number of para-hydroxylation sites is 1. The van der Waals surface area contributed by atoms with Gasteiger partial charge in [0, 0.05) is 6.42 Å². The molecule has 2 rings (SSSR count). The molecule has 1 aromatic carbocycles. The van der Waals surface area contributed by atoms with E-state index < -0.39 is 6.61 Å². The number of carbonyl (C=O) groups excluding carboxylic acids is 1. The van der Waals surface area contributed by atoms with Gasteiger partial charge in [-0.25, -0.2) is 0 Å². The van der Waals surface area contributed by atoms with Gasteiger partial charge in [0.05, 0.1) is 5.56 Å². The number of carbonyl (C=O) groups is 1. The predicted octanol–water partition coefficient (Wildman–Crippen LogP) is 3.77. The molecular weight excluding hydrogens is 258 g/mol. The maximum absolute atomic E-state index is 12.2. The third-order valence-corrected chi connectivity index (χ3v) is 3.08. The Bertz CT molecular complexity index is 524. The van der Waals surface area contributed by atoms with Crippen LogP contribution in [0.3, 0.4) is 0 Å². The molecule has 18 heavy (non-hydrogen) atoms. The van der Waals surface area contributed by atoms with Crippen molar-refractivity contribution in [2.24, 2.45) is 0 Å². The molecule has 0 fully saturated rings. The minimum atomic E-state index is -2.93. The van der Waals surface area contributed by atoms with Crippen molar-refractivity contribution < 1.29 is 18.3 Å². The molecule has 0 N–H and O–H groups in total. The Morgan fingerprint density at radius 2 is 2.06 bits per heavy atom. The van der Waals surface area contributed by atoms with E-state index in [4.69, 9.17) is 0 Å². The van der Waals surface area contributed by atoms with Crippen LogP contribution in [0.15, 0.2) is 41.1 Å². The first-order valence-electron chi connectivity index (χ1n) is 5.25. The van der Waals surface area contributed by atoms with Crippen molar-refractivity contribution in [1.29, 1.82) is 0 Å². The monoisotopic (exact) mass is 268 g/mol. The van der Waals surface area contributed by atoms with Crippen LogP contribution in [0.25, 0.3) is 0 Å². The van der Waals surface area contributed by atoms with E-state index in [2.05, 4.69) is 4.74 Å². The molecule has 5 heteroatoms. The van der Waals surface area contributed by atoms with Gasteiger partial charge in [0.2, 0.25) is 0 Å². The second-order valence-corrected chi connectivity index (χ2v) is 4.39. The average molecular weight is 268 g/mol. The molecule has 1 heterocycles. The van der Waals surface area contributed by atoms with E-state index in [1.807, 2.05) is 16.8 Å². The fourth-order valence-corrected chi connectivity index (χ4v) is 2.24. The van der Waals surface area contributed by atoms with E-state index in [-0.39, 0.29) is 23.5 Å². The summed E-state index contributed by atoms with van der Waals surface area (Å²) in [4.78, 5) is 12.0. The van der Waals surface area contributed by atoms with E-state index in [0.29, 0.717) is 0 Å². The van der Waals surface area contributed by atoms with Crippen LogP contribution in [0.2, 0.25) is 0 Å². The van der Waals surface area contributed by atoms with Crippen LogP contribution >= 0.6 is 11.3 Å². The van der Waals surface area contributed by atoms with Crippen molar-refractivity contribution >= 4 is 17.1 Å². The number of hydrogen-bond acceptors (Lipinski definition) is 3. The summed E-state index contributed by atoms with van der Waals surface area (Å²) in [6.45, 7) is -2.93. The molecule has 2 nitrogen and oxygen atoms in total. The van der Waals surface area contributed by atoms with Gasteiger partial charge in [-0.05, 0) is 34.5 Å². The van der Waals surface area contributed by atoms with Gasteiger partial charge in [0.15, 0.2) is 5.78 Å². The average Bonchev–Trinajstić information content (AvgIpc) is 2.81. The molecule has 2 aromatic rings. The maximum atomic E-state index is 12.2. The van der Waals surface area contributed by atoms with Crippen molar-refractivity contribution in [1.82, 2.24) is 0 Å². The molecule has 0 spiro atoms. The van der Waals surface area contributed by atoms with E-state index in [1.54, 1.807) is 12.1 Å². The van der Waals surface area contributed by atoms with Gasteiger partial charge >= 0.3 is 6.61 Å². The smallest absolute Gasteiger partial charge is 0.387 e. The molecule has 0 atom stereocenters. The molecule has 0 saturated carbocycles. The van der Waals surface area contributed by atoms with Crippen molar-refractivity contribution in [2.45, 2.75) is 13.0 Å². The number of halogens is 2. The minimum Gasteiger partial charge on any atom is -0.434 e. The molecule has 0 radical (unpaired) electrons. The first-order valence-corrected chi connectivity index (χ1v) is 6.19. The van der Waals surface area contributed by atoms with Crippen molar-refractivity contribution in [3.8, 4) is 5.75 Å². The molecular formula is C13H10F2O2S. The van der Waals surface area contributed by atoms with E-state index >= 15 is 0 Å². The van der Waals surface area contributed by atoms with Crippen molar-refractivity contribution in [2.75, 3.05) is 0 Å². The largest absolute Gasteiger partial charge is 0.434 e. The number of benzene rings is 1. The van der Waals surface area contributed by atoms with Gasteiger partial charge in [-0.3, -0.25) is 4.79 Å². The second-order valence-electron chi connectivity index (χ2n) is 3.61. The number of ether oxygens (including phenoxy) is 1. The summed E-state index contributed by atoms with van der Waals surface area (Å²) in [5.41, 5.74) is 1.06. The lowest BCUT2D eigenvalue weighted by atomic mass is 10.0. The lowest BCUT2D eigenvalue weighted by Gasteiger charge is -2.09. The first-order chi connectivity index (χ1) is 8.66. The molecule has 94 valence electrons. The number of Topliss-reactive ketones (excluding diaryl/α,β-unsaturated/α-hetero) is 1. The summed E-state index contributed by atoms with van der Waals surface area (Å²) in [7, 11) is 0. The minimum absolute atomic E-state index is 0.0762. The Morgan fingerprint density at radius 3 is 2.72 bits per heavy atom. The molecule has 0 aliphatic heterocycles. The summed E-state index contributed by atoms with van der Waals surface area (Å²) in [6.07, 6.45) is 0.188. The van der Waals surface area contributed by atoms with Gasteiger partial charge < -0.3 is 4.74 Å². The topological polar surface area (TPSA) is 26.3 Å². The predicted molar refractivity (Wildman–Crippen MR) is 65.4 cm³/mol. The molecule has 0 amide bonds. The molecule has 0 unspecified atom stereocenters. The van der Waals surface area contributed by atoms with E-state index in [1.165, 1.54) is 23.5 Å². The number of hydrogen-bond donors (Lipinski definition) is 0. The zero-order chi connectivity index (χ0) is 13.0. The van der Waals surface area contributed by atoms with Crippen molar-refractivity contribution in [3.05, 3.63) is 52.2 Å². The van der Waals surface area contributed by atoms with Gasteiger partial charge in [0.25, 0.3) is 0 Å². The maximum Gasteiger partial charge on any atom is 0.387 e. The summed E-state index contributed by atoms with van der Waals surface area (Å²) < 4.78 is 28.8. The second kappa shape index (κ2) is 5.73. The van der Waals surface area contributed by atoms with Crippen LogP contribution in [-0.4, -0.2) is 12.4 Å². The Hall–Kier alpha value is -1.75. The number of thiophene rings is 1. The molecule has 1 aromatic heterocycles. The quantitative estimate of drug-likeness (QED) is 0.771. The van der Waals surface area contributed by atoms with Gasteiger partial charge in [-0.2, -0.15) is 20.1 Å². The molecule has 0 saturated heterocycles. The zero-order valence-corrected chi connectivity index (χ0v) is 10.1. The third-order valence-electron chi connectivity index (χ3n) is 2.35. The molecule has 0 aliphatic rings. The summed E-state index contributed by atoms with van der Waals surface area (Å²) in [6, 6.07) is 7.87. The van der Waals surface area contributed by atoms with Gasteiger partial charge in [-0.1, -0.05) is 12.1 Å².